The maximum atomic E-state index is 14.0. The normalized spacial score (nSPS) is 13.3. The molecule has 8 heteroatoms. The van der Waals surface area contributed by atoms with Crippen LogP contribution >= 0.6 is 11.6 Å². The summed E-state index contributed by atoms with van der Waals surface area (Å²) in [5.41, 5.74) is 1.89. The molecule has 6 nitrogen and oxygen atoms in total. The number of benzene rings is 2. The van der Waals surface area contributed by atoms with Crippen molar-refractivity contribution in [3.05, 3.63) is 88.5 Å². The van der Waals surface area contributed by atoms with Crippen LogP contribution in [0.5, 0.6) is 5.75 Å². The van der Waals surface area contributed by atoms with Crippen LogP contribution in [0.25, 0.3) is 0 Å². The number of hydrogen-bond donors (Lipinski definition) is 1. The second-order valence-electron chi connectivity index (χ2n) is 6.75. The number of nitrogens with one attached hydrogen (secondary N) is 1. The van der Waals surface area contributed by atoms with Crippen LogP contribution in [0.1, 0.15) is 21.5 Å². The molecule has 0 unspecified atom stereocenters. The molecule has 1 aliphatic heterocycles. The van der Waals surface area contributed by atoms with Gasteiger partial charge in [0, 0.05) is 36.1 Å². The molecule has 0 fully saturated rings. The summed E-state index contributed by atoms with van der Waals surface area (Å²) >= 11 is 5.98. The lowest BCUT2D eigenvalue weighted by Crippen LogP contribution is -2.32. The molecule has 0 atom stereocenters. The molecule has 0 bridgehead atoms. The quantitative estimate of drug-likeness (QED) is 0.640. The summed E-state index contributed by atoms with van der Waals surface area (Å²) in [4.78, 5) is 30.4. The average molecular weight is 426 g/mol. The van der Waals surface area contributed by atoms with Crippen molar-refractivity contribution in [2.75, 3.05) is 11.9 Å². The lowest BCUT2D eigenvalue weighted by molar-refractivity contribution is -0.133. The van der Waals surface area contributed by atoms with Crippen molar-refractivity contribution in [2.45, 2.75) is 13.1 Å². The van der Waals surface area contributed by atoms with E-state index in [2.05, 4.69) is 10.3 Å². The van der Waals surface area contributed by atoms with E-state index < -0.39 is 5.91 Å². The Hall–Kier alpha value is -3.45. The largest absolute Gasteiger partial charge is 0.483 e. The maximum absolute atomic E-state index is 14.0. The number of ether oxygens (including phenoxy) is 1. The molecule has 0 aliphatic carbocycles. The summed E-state index contributed by atoms with van der Waals surface area (Å²) in [6.45, 7) is 0.203. The van der Waals surface area contributed by atoms with Gasteiger partial charge in [-0.1, -0.05) is 29.8 Å². The highest BCUT2D eigenvalue weighted by atomic mass is 35.5. The lowest BCUT2D eigenvalue weighted by atomic mass is 10.1. The van der Waals surface area contributed by atoms with Crippen LogP contribution in [0.3, 0.4) is 0 Å². The van der Waals surface area contributed by atoms with E-state index in [0.29, 0.717) is 22.6 Å². The summed E-state index contributed by atoms with van der Waals surface area (Å²) in [6.07, 6.45) is 1.50. The van der Waals surface area contributed by atoms with Crippen molar-refractivity contribution in [1.29, 1.82) is 0 Å². The van der Waals surface area contributed by atoms with Gasteiger partial charge in [0.15, 0.2) is 6.61 Å². The van der Waals surface area contributed by atoms with E-state index in [4.69, 9.17) is 16.3 Å². The van der Waals surface area contributed by atoms with Crippen LogP contribution < -0.4 is 10.1 Å². The predicted molar refractivity (Wildman–Crippen MR) is 110 cm³/mol. The molecule has 2 heterocycles. The Labute approximate surface area is 177 Å². The first kappa shape index (κ1) is 19.8. The first-order valence-electron chi connectivity index (χ1n) is 9.20. The topological polar surface area (TPSA) is 71.5 Å². The number of hydrogen-bond acceptors (Lipinski definition) is 4. The van der Waals surface area contributed by atoms with E-state index >= 15 is 0 Å². The number of anilines is 1. The molecule has 3 aromatic rings. The van der Waals surface area contributed by atoms with E-state index in [9.17, 15) is 14.0 Å². The minimum absolute atomic E-state index is 0.106. The maximum Gasteiger partial charge on any atom is 0.261 e. The zero-order valence-corrected chi connectivity index (χ0v) is 16.5. The van der Waals surface area contributed by atoms with E-state index in [1.807, 2.05) is 0 Å². The van der Waals surface area contributed by atoms with Crippen LogP contribution in [0.4, 0.5) is 10.1 Å². The molecule has 2 amide bonds. The Balaban J connectivity index is 1.56. The van der Waals surface area contributed by atoms with Gasteiger partial charge in [-0.15, -0.1) is 0 Å². The second kappa shape index (κ2) is 8.51. The number of aromatic nitrogens is 1. The highest BCUT2D eigenvalue weighted by molar-refractivity contribution is 6.33. The Morgan fingerprint density at radius 1 is 1.20 bits per heavy atom. The van der Waals surface area contributed by atoms with Gasteiger partial charge < -0.3 is 15.0 Å². The summed E-state index contributed by atoms with van der Waals surface area (Å²) in [5.74, 6) is -0.481. The number of carbonyl (C=O) groups excluding carboxylic acids is 2. The van der Waals surface area contributed by atoms with Crippen LogP contribution in [-0.2, 0) is 17.9 Å². The summed E-state index contributed by atoms with van der Waals surface area (Å²) in [6, 6.07) is 14.6. The highest BCUT2D eigenvalue weighted by Crippen LogP contribution is 2.28. The SMILES string of the molecule is O=C(Nc1ccc2c(c1)CN(Cc1ccccc1F)C(=O)CO2)c1cccnc1Cl. The molecule has 0 radical (unpaired) electrons. The van der Waals surface area contributed by atoms with Gasteiger partial charge in [-0.2, -0.15) is 0 Å². The van der Waals surface area contributed by atoms with Crippen molar-refractivity contribution in [3.63, 3.8) is 0 Å². The number of amides is 2. The van der Waals surface area contributed by atoms with Gasteiger partial charge in [0.2, 0.25) is 0 Å². The zero-order valence-electron chi connectivity index (χ0n) is 15.8. The van der Waals surface area contributed by atoms with E-state index in [-0.39, 0.29) is 42.1 Å². The zero-order chi connectivity index (χ0) is 21.1. The number of rotatable bonds is 4. The molecule has 1 aromatic heterocycles. The van der Waals surface area contributed by atoms with Crippen molar-refractivity contribution in [1.82, 2.24) is 9.88 Å². The second-order valence-corrected chi connectivity index (χ2v) is 7.11. The van der Waals surface area contributed by atoms with Crippen molar-refractivity contribution in [2.24, 2.45) is 0 Å². The fraction of sp³-hybridized carbons (Fsp3) is 0.136. The Morgan fingerprint density at radius 2 is 2.03 bits per heavy atom. The van der Waals surface area contributed by atoms with E-state index in [1.54, 1.807) is 48.5 Å². The highest BCUT2D eigenvalue weighted by Gasteiger charge is 2.23. The molecule has 2 aromatic carbocycles. The molecular formula is C22H17ClFN3O3. The van der Waals surface area contributed by atoms with Gasteiger partial charge in [0.25, 0.3) is 11.8 Å². The fourth-order valence-electron chi connectivity index (χ4n) is 3.18. The smallest absolute Gasteiger partial charge is 0.261 e. The van der Waals surface area contributed by atoms with Gasteiger partial charge in [0.1, 0.15) is 16.7 Å². The predicted octanol–water partition coefficient (Wildman–Crippen LogP) is 4.05. The van der Waals surface area contributed by atoms with Crippen molar-refractivity contribution >= 4 is 29.1 Å². The number of halogens is 2. The summed E-state index contributed by atoms with van der Waals surface area (Å²) in [5, 5.41) is 2.88. The summed E-state index contributed by atoms with van der Waals surface area (Å²) in [7, 11) is 0. The standard InChI is InChI=1S/C22H17ClFN3O3/c23-21-17(5-3-9-25-21)22(29)26-16-7-8-19-15(10-16)12-27(20(28)13-30-19)11-14-4-1-2-6-18(14)24/h1-10H,11-13H2,(H,26,29). The number of carbonyl (C=O) groups is 2. The van der Waals surface area contributed by atoms with Gasteiger partial charge >= 0.3 is 0 Å². The summed E-state index contributed by atoms with van der Waals surface area (Å²) < 4.78 is 19.6. The Bertz CT molecular complexity index is 1120. The number of fused-ring (bicyclic) bond motifs is 1. The third-order valence-corrected chi connectivity index (χ3v) is 5.01. The van der Waals surface area contributed by atoms with Crippen LogP contribution in [0.2, 0.25) is 5.15 Å². The minimum Gasteiger partial charge on any atom is -0.483 e. The first-order valence-corrected chi connectivity index (χ1v) is 9.58. The number of pyridine rings is 1. The minimum atomic E-state index is -0.401. The van der Waals surface area contributed by atoms with E-state index in [0.717, 1.165) is 0 Å². The van der Waals surface area contributed by atoms with Crippen LogP contribution in [0.15, 0.2) is 60.8 Å². The molecule has 0 saturated carbocycles. The molecular weight excluding hydrogens is 409 g/mol. The van der Waals surface area contributed by atoms with Crippen LogP contribution in [0, 0.1) is 5.82 Å². The molecule has 0 saturated heterocycles. The molecule has 1 N–H and O–H groups in total. The molecule has 30 heavy (non-hydrogen) atoms. The monoisotopic (exact) mass is 425 g/mol. The van der Waals surface area contributed by atoms with E-state index in [1.165, 1.54) is 17.2 Å². The van der Waals surface area contributed by atoms with Gasteiger partial charge in [-0.3, -0.25) is 9.59 Å². The fourth-order valence-corrected chi connectivity index (χ4v) is 3.38. The first-order chi connectivity index (χ1) is 14.5. The van der Waals surface area contributed by atoms with Gasteiger partial charge in [-0.25, -0.2) is 9.37 Å². The lowest BCUT2D eigenvalue weighted by Gasteiger charge is -2.20. The molecule has 1 aliphatic rings. The van der Waals surface area contributed by atoms with Gasteiger partial charge in [-0.05, 0) is 36.4 Å². The Morgan fingerprint density at radius 3 is 2.83 bits per heavy atom. The van der Waals surface area contributed by atoms with Crippen molar-refractivity contribution < 1.29 is 18.7 Å². The van der Waals surface area contributed by atoms with Crippen LogP contribution in [-0.4, -0.2) is 28.3 Å². The van der Waals surface area contributed by atoms with Crippen molar-refractivity contribution in [3.8, 4) is 5.75 Å². The molecule has 4 rings (SSSR count). The third-order valence-electron chi connectivity index (χ3n) is 4.71. The number of nitrogens with zero attached hydrogens (tertiary/aromatic N) is 2. The molecule has 0 spiro atoms. The molecule has 152 valence electrons. The third kappa shape index (κ3) is 4.26. The average Bonchev–Trinajstić information content (AvgIpc) is 2.88. The Kier molecular flexibility index (Phi) is 5.63. The van der Waals surface area contributed by atoms with Gasteiger partial charge in [0.05, 0.1) is 5.56 Å².